The van der Waals surface area contributed by atoms with E-state index in [0.717, 1.165) is 24.5 Å². The van der Waals surface area contributed by atoms with Crippen LogP contribution in [0.25, 0.3) is 6.08 Å². The van der Waals surface area contributed by atoms with Crippen molar-refractivity contribution in [2.24, 2.45) is 4.99 Å². The Labute approximate surface area is 119 Å². The van der Waals surface area contributed by atoms with Gasteiger partial charge in [-0.2, -0.15) is 0 Å². The number of aliphatic imine (C=N–C) groups is 1. The third kappa shape index (κ3) is 2.64. The molecule has 0 fully saturated rings. The standard InChI is InChI=1S/C18H18N2/c1-14-6-2-3-7-15(14)10-11-18-16-8-4-5-9-17(16)19-12-13-20-18/h2-11,19H,12-13H2,1H3/b11-10+. The summed E-state index contributed by atoms with van der Waals surface area (Å²) in [6, 6.07) is 16.7. The van der Waals surface area contributed by atoms with E-state index >= 15 is 0 Å². The van der Waals surface area contributed by atoms with Gasteiger partial charge in [0.05, 0.1) is 12.3 Å². The molecule has 0 spiro atoms. The first kappa shape index (κ1) is 12.7. The van der Waals surface area contributed by atoms with E-state index in [4.69, 9.17) is 0 Å². The maximum absolute atomic E-state index is 4.68. The highest BCUT2D eigenvalue weighted by Gasteiger charge is 2.09. The Balaban J connectivity index is 1.95. The zero-order valence-electron chi connectivity index (χ0n) is 11.6. The van der Waals surface area contributed by atoms with Crippen molar-refractivity contribution in [1.29, 1.82) is 0 Å². The summed E-state index contributed by atoms with van der Waals surface area (Å²) in [5.74, 6) is 0. The Bertz CT molecular complexity index is 669. The van der Waals surface area contributed by atoms with Crippen LogP contribution in [0.5, 0.6) is 0 Å². The third-order valence-corrected chi connectivity index (χ3v) is 3.52. The molecule has 1 N–H and O–H groups in total. The van der Waals surface area contributed by atoms with E-state index in [1.54, 1.807) is 0 Å². The molecule has 100 valence electrons. The largest absolute Gasteiger partial charge is 0.383 e. The van der Waals surface area contributed by atoms with Crippen LogP contribution in [0.15, 0.2) is 59.6 Å². The zero-order valence-corrected chi connectivity index (χ0v) is 11.6. The molecule has 1 heterocycles. The lowest BCUT2D eigenvalue weighted by Gasteiger charge is -2.07. The van der Waals surface area contributed by atoms with Crippen LogP contribution in [0.2, 0.25) is 0 Å². The number of nitrogens with one attached hydrogen (secondary N) is 1. The van der Waals surface area contributed by atoms with Crippen molar-refractivity contribution in [1.82, 2.24) is 0 Å². The number of benzodiazepines with no additional fused rings is 1. The number of nitrogens with zero attached hydrogens (tertiary/aromatic N) is 1. The maximum Gasteiger partial charge on any atom is 0.0668 e. The molecule has 20 heavy (non-hydrogen) atoms. The minimum atomic E-state index is 0.808. The first-order valence-corrected chi connectivity index (χ1v) is 6.96. The number of hydrogen-bond acceptors (Lipinski definition) is 2. The second-order valence-electron chi connectivity index (χ2n) is 4.93. The van der Waals surface area contributed by atoms with Gasteiger partial charge in [0.1, 0.15) is 0 Å². The average Bonchev–Trinajstić information content (AvgIpc) is 2.69. The topological polar surface area (TPSA) is 24.4 Å². The lowest BCUT2D eigenvalue weighted by atomic mass is 10.0. The number of rotatable bonds is 2. The minimum absolute atomic E-state index is 0.808. The van der Waals surface area contributed by atoms with E-state index < -0.39 is 0 Å². The number of allylic oxidation sites excluding steroid dienone is 1. The molecule has 0 radical (unpaired) electrons. The van der Waals surface area contributed by atoms with Crippen LogP contribution < -0.4 is 5.32 Å². The monoisotopic (exact) mass is 262 g/mol. The highest BCUT2D eigenvalue weighted by atomic mass is 14.9. The van der Waals surface area contributed by atoms with E-state index in [1.807, 2.05) is 0 Å². The molecule has 2 aromatic carbocycles. The fraction of sp³-hybridized carbons (Fsp3) is 0.167. The molecule has 1 aliphatic rings. The van der Waals surface area contributed by atoms with E-state index in [2.05, 4.69) is 77.9 Å². The van der Waals surface area contributed by atoms with Gasteiger partial charge in [0.2, 0.25) is 0 Å². The van der Waals surface area contributed by atoms with E-state index in [9.17, 15) is 0 Å². The Morgan fingerprint density at radius 1 is 1.00 bits per heavy atom. The van der Waals surface area contributed by atoms with Gasteiger partial charge in [-0.3, -0.25) is 4.99 Å². The number of fused-ring (bicyclic) bond motifs is 1. The second-order valence-corrected chi connectivity index (χ2v) is 4.93. The quantitative estimate of drug-likeness (QED) is 0.871. The Kier molecular flexibility index (Phi) is 3.64. The molecule has 2 nitrogen and oxygen atoms in total. The summed E-state index contributed by atoms with van der Waals surface area (Å²) in [4.78, 5) is 4.68. The fourth-order valence-electron chi connectivity index (χ4n) is 2.40. The molecule has 0 amide bonds. The lowest BCUT2D eigenvalue weighted by Crippen LogP contribution is -2.03. The average molecular weight is 262 g/mol. The minimum Gasteiger partial charge on any atom is -0.383 e. The van der Waals surface area contributed by atoms with E-state index in [-0.39, 0.29) is 0 Å². The van der Waals surface area contributed by atoms with E-state index in [1.165, 1.54) is 16.7 Å². The van der Waals surface area contributed by atoms with Crippen molar-refractivity contribution in [2.75, 3.05) is 18.4 Å². The Morgan fingerprint density at radius 3 is 2.70 bits per heavy atom. The molecule has 0 atom stereocenters. The molecule has 3 rings (SSSR count). The number of hydrogen-bond donors (Lipinski definition) is 1. The van der Waals surface area contributed by atoms with Crippen molar-refractivity contribution in [3.63, 3.8) is 0 Å². The smallest absolute Gasteiger partial charge is 0.0668 e. The summed E-state index contributed by atoms with van der Waals surface area (Å²) in [6.45, 7) is 3.82. The van der Waals surface area contributed by atoms with Crippen LogP contribution in [0.4, 0.5) is 5.69 Å². The van der Waals surface area contributed by atoms with Crippen LogP contribution >= 0.6 is 0 Å². The molecule has 2 heteroatoms. The molecule has 0 aliphatic carbocycles. The van der Waals surface area contributed by atoms with Crippen LogP contribution in [-0.2, 0) is 0 Å². The van der Waals surface area contributed by atoms with Crippen molar-refractivity contribution in [2.45, 2.75) is 6.92 Å². The number of para-hydroxylation sites is 1. The second kappa shape index (κ2) is 5.74. The molecule has 0 unspecified atom stereocenters. The molecule has 2 aromatic rings. The number of benzene rings is 2. The lowest BCUT2D eigenvalue weighted by molar-refractivity contribution is 1.04. The van der Waals surface area contributed by atoms with Crippen LogP contribution in [0.3, 0.4) is 0 Å². The predicted octanol–water partition coefficient (Wildman–Crippen LogP) is 3.92. The van der Waals surface area contributed by atoms with Gasteiger partial charge < -0.3 is 5.32 Å². The molecule has 0 aromatic heterocycles. The molecule has 1 aliphatic heterocycles. The predicted molar refractivity (Wildman–Crippen MR) is 86.5 cm³/mol. The van der Waals surface area contributed by atoms with Crippen LogP contribution in [-0.4, -0.2) is 18.8 Å². The molecular formula is C18H18N2. The van der Waals surface area contributed by atoms with Gasteiger partial charge in [0.15, 0.2) is 0 Å². The number of anilines is 1. The van der Waals surface area contributed by atoms with Gasteiger partial charge in [-0.05, 0) is 30.2 Å². The van der Waals surface area contributed by atoms with Crippen LogP contribution in [0, 0.1) is 6.92 Å². The summed E-state index contributed by atoms with van der Waals surface area (Å²) in [7, 11) is 0. The van der Waals surface area contributed by atoms with Gasteiger partial charge in [0.25, 0.3) is 0 Å². The van der Waals surface area contributed by atoms with Crippen molar-refractivity contribution in [3.8, 4) is 0 Å². The van der Waals surface area contributed by atoms with Gasteiger partial charge in [0, 0.05) is 17.8 Å². The van der Waals surface area contributed by atoms with Gasteiger partial charge in [-0.1, -0.05) is 48.5 Å². The summed E-state index contributed by atoms with van der Waals surface area (Å²) in [5.41, 5.74) is 5.91. The highest BCUT2D eigenvalue weighted by Crippen LogP contribution is 2.19. The SMILES string of the molecule is Cc1ccccc1/C=C/C1=NCCNc2ccccc21. The molecule has 0 bridgehead atoms. The van der Waals surface area contributed by atoms with Crippen molar-refractivity contribution in [3.05, 3.63) is 71.3 Å². The molecular weight excluding hydrogens is 244 g/mol. The third-order valence-electron chi connectivity index (χ3n) is 3.52. The summed E-state index contributed by atoms with van der Waals surface area (Å²) >= 11 is 0. The van der Waals surface area contributed by atoms with Gasteiger partial charge >= 0.3 is 0 Å². The zero-order chi connectivity index (χ0) is 13.8. The van der Waals surface area contributed by atoms with Gasteiger partial charge in [-0.15, -0.1) is 0 Å². The Hall–Kier alpha value is -2.35. The molecule has 0 saturated carbocycles. The Morgan fingerprint density at radius 2 is 1.80 bits per heavy atom. The fourth-order valence-corrected chi connectivity index (χ4v) is 2.40. The summed E-state index contributed by atoms with van der Waals surface area (Å²) in [6.07, 6.45) is 4.27. The van der Waals surface area contributed by atoms with Gasteiger partial charge in [-0.25, -0.2) is 0 Å². The molecule has 0 saturated heterocycles. The van der Waals surface area contributed by atoms with Crippen LogP contribution in [0.1, 0.15) is 16.7 Å². The van der Waals surface area contributed by atoms with Crippen molar-refractivity contribution < 1.29 is 0 Å². The summed E-state index contributed by atoms with van der Waals surface area (Å²) in [5, 5.41) is 3.42. The highest BCUT2D eigenvalue weighted by molar-refractivity contribution is 6.14. The normalized spacial score (nSPS) is 14.3. The first-order chi connectivity index (χ1) is 9.84. The van der Waals surface area contributed by atoms with Crippen molar-refractivity contribution >= 4 is 17.5 Å². The van der Waals surface area contributed by atoms with E-state index in [0.29, 0.717) is 0 Å². The first-order valence-electron chi connectivity index (χ1n) is 6.96. The number of aryl methyl sites for hydroxylation is 1. The summed E-state index contributed by atoms with van der Waals surface area (Å²) < 4.78 is 0. The maximum atomic E-state index is 4.68.